The molecule has 0 aliphatic rings. The van der Waals surface area contributed by atoms with Gasteiger partial charge in [0.2, 0.25) is 5.91 Å². The third-order valence-electron chi connectivity index (χ3n) is 3.01. The fraction of sp³-hybridized carbons (Fsp3) is 0.500. The average molecular weight is 315 g/mol. The minimum absolute atomic E-state index is 0. The van der Waals surface area contributed by atoms with Gasteiger partial charge in [-0.1, -0.05) is 32.0 Å². The number of nitrogens with one attached hydrogen (secondary N) is 1. The van der Waals surface area contributed by atoms with Crippen molar-refractivity contribution < 1.29 is 4.79 Å². The monoisotopic (exact) mass is 314 g/mol. The first-order valence-corrected chi connectivity index (χ1v) is 6.16. The zero-order chi connectivity index (χ0) is 12.8. The molecule has 1 amide bonds. The van der Waals surface area contributed by atoms with Crippen LogP contribution in [0.25, 0.3) is 0 Å². The van der Waals surface area contributed by atoms with Crippen LogP contribution in [0.2, 0.25) is 0 Å². The Hall–Kier alpha value is -0.870. The first-order chi connectivity index (χ1) is 8.08. The number of hydrogen-bond acceptors (Lipinski definition) is 2. The van der Waals surface area contributed by atoms with Crippen molar-refractivity contribution in [2.75, 3.05) is 25.0 Å². The van der Waals surface area contributed by atoms with E-state index in [2.05, 4.69) is 24.1 Å². The Bertz CT molecular complexity index is 369. The summed E-state index contributed by atoms with van der Waals surface area (Å²) in [5.41, 5.74) is 3.17. The van der Waals surface area contributed by atoms with Gasteiger partial charge >= 0.3 is 0 Å². The number of para-hydroxylation sites is 1. The van der Waals surface area contributed by atoms with Crippen molar-refractivity contribution in [2.24, 2.45) is 0 Å². The molecule has 0 aliphatic carbocycles. The van der Waals surface area contributed by atoms with Crippen LogP contribution in [0.1, 0.15) is 25.0 Å². The van der Waals surface area contributed by atoms with Crippen molar-refractivity contribution in [3.63, 3.8) is 0 Å². The van der Waals surface area contributed by atoms with Crippen LogP contribution in [0.5, 0.6) is 0 Å². The van der Waals surface area contributed by atoms with E-state index in [4.69, 9.17) is 0 Å². The van der Waals surface area contributed by atoms with E-state index in [-0.39, 0.29) is 22.9 Å². The van der Waals surface area contributed by atoms with Gasteiger partial charge in [0, 0.05) is 5.69 Å². The topological polar surface area (TPSA) is 32.3 Å². The molecule has 1 aromatic carbocycles. The van der Waals surface area contributed by atoms with E-state index in [1.54, 1.807) is 0 Å². The summed E-state index contributed by atoms with van der Waals surface area (Å²) in [4.78, 5) is 14.0. The molecule has 18 heavy (non-hydrogen) atoms. The number of carbonyl (C=O) groups excluding carboxylic acids is 1. The molecule has 0 aromatic heterocycles. The van der Waals surface area contributed by atoms with Gasteiger partial charge in [0.25, 0.3) is 0 Å². The van der Waals surface area contributed by atoms with Crippen molar-refractivity contribution in [1.29, 1.82) is 0 Å². The smallest absolute Gasteiger partial charge is 0.238 e. The Balaban J connectivity index is 0.00000289. The van der Waals surface area contributed by atoms with Crippen LogP contribution >= 0.6 is 17.0 Å². The third kappa shape index (κ3) is 4.78. The molecule has 0 saturated heterocycles. The van der Waals surface area contributed by atoms with Gasteiger partial charge in [-0.15, -0.1) is 17.0 Å². The Morgan fingerprint density at radius 3 is 2.11 bits per heavy atom. The van der Waals surface area contributed by atoms with Gasteiger partial charge in [0.05, 0.1) is 6.54 Å². The standard InChI is InChI=1S/C14H22N2O.BrH/c1-5-16(6-2)10-13(17)15-14-11(3)8-7-9-12(14)4;/h7-9H,5-6,10H2,1-4H3,(H,15,17);1H. The Labute approximate surface area is 120 Å². The molecule has 0 spiro atoms. The summed E-state index contributed by atoms with van der Waals surface area (Å²) in [6, 6.07) is 6.03. The van der Waals surface area contributed by atoms with Crippen molar-refractivity contribution in [3.05, 3.63) is 29.3 Å². The Kier molecular flexibility index (Phi) is 7.87. The number of hydrogen-bond donors (Lipinski definition) is 1. The maximum absolute atomic E-state index is 11.9. The van der Waals surface area contributed by atoms with Crippen molar-refractivity contribution in [2.45, 2.75) is 27.7 Å². The summed E-state index contributed by atoms with van der Waals surface area (Å²) in [5, 5.41) is 3.00. The molecule has 102 valence electrons. The van der Waals surface area contributed by atoms with Crippen LogP contribution in [0.15, 0.2) is 18.2 Å². The summed E-state index contributed by atoms with van der Waals surface area (Å²) in [6.45, 7) is 10.4. The van der Waals surface area contributed by atoms with Crippen LogP contribution in [0, 0.1) is 13.8 Å². The van der Waals surface area contributed by atoms with Gasteiger partial charge < -0.3 is 5.32 Å². The second-order valence-electron chi connectivity index (χ2n) is 4.28. The lowest BCUT2D eigenvalue weighted by atomic mass is 10.1. The largest absolute Gasteiger partial charge is 0.324 e. The van der Waals surface area contributed by atoms with E-state index >= 15 is 0 Å². The lowest BCUT2D eigenvalue weighted by Gasteiger charge is -2.18. The average Bonchev–Trinajstić information content (AvgIpc) is 2.31. The van der Waals surface area contributed by atoms with E-state index in [0.29, 0.717) is 6.54 Å². The number of likely N-dealkylation sites (N-methyl/N-ethyl adjacent to an activating group) is 1. The number of nitrogens with zero attached hydrogens (tertiary/aromatic N) is 1. The molecule has 3 nitrogen and oxygen atoms in total. The number of carbonyl (C=O) groups is 1. The first-order valence-electron chi connectivity index (χ1n) is 6.16. The maximum Gasteiger partial charge on any atom is 0.238 e. The highest BCUT2D eigenvalue weighted by molar-refractivity contribution is 8.93. The lowest BCUT2D eigenvalue weighted by Crippen LogP contribution is -2.33. The van der Waals surface area contributed by atoms with Gasteiger partial charge in [0.1, 0.15) is 0 Å². The quantitative estimate of drug-likeness (QED) is 0.905. The molecule has 0 radical (unpaired) electrons. The van der Waals surface area contributed by atoms with E-state index < -0.39 is 0 Å². The van der Waals surface area contributed by atoms with Crippen molar-refractivity contribution in [1.82, 2.24) is 4.90 Å². The number of anilines is 1. The predicted molar refractivity (Wildman–Crippen MR) is 82.7 cm³/mol. The molecular weight excluding hydrogens is 292 g/mol. The summed E-state index contributed by atoms with van der Waals surface area (Å²) < 4.78 is 0. The normalized spacial score (nSPS) is 10.1. The molecule has 0 heterocycles. The molecular formula is C14H23BrN2O. The molecule has 0 bridgehead atoms. The first kappa shape index (κ1) is 17.1. The van der Waals surface area contributed by atoms with Gasteiger partial charge in [-0.05, 0) is 38.1 Å². The van der Waals surface area contributed by atoms with Gasteiger partial charge in [0.15, 0.2) is 0 Å². The van der Waals surface area contributed by atoms with Crippen LogP contribution in [-0.4, -0.2) is 30.4 Å². The Morgan fingerprint density at radius 1 is 1.17 bits per heavy atom. The van der Waals surface area contributed by atoms with Crippen LogP contribution in [-0.2, 0) is 4.79 Å². The minimum Gasteiger partial charge on any atom is -0.324 e. The number of rotatable bonds is 5. The summed E-state index contributed by atoms with van der Waals surface area (Å²) in [6.07, 6.45) is 0. The second-order valence-corrected chi connectivity index (χ2v) is 4.28. The zero-order valence-electron chi connectivity index (χ0n) is 11.6. The van der Waals surface area contributed by atoms with Gasteiger partial charge in [-0.2, -0.15) is 0 Å². The fourth-order valence-corrected chi connectivity index (χ4v) is 1.84. The van der Waals surface area contributed by atoms with Crippen molar-refractivity contribution >= 4 is 28.6 Å². The number of benzene rings is 1. The maximum atomic E-state index is 11.9. The molecule has 4 heteroatoms. The highest BCUT2D eigenvalue weighted by Crippen LogP contribution is 2.19. The lowest BCUT2D eigenvalue weighted by molar-refractivity contribution is -0.117. The molecule has 1 rings (SSSR count). The molecule has 0 atom stereocenters. The fourth-order valence-electron chi connectivity index (χ4n) is 1.84. The van der Waals surface area contributed by atoms with Gasteiger partial charge in [-0.25, -0.2) is 0 Å². The highest BCUT2D eigenvalue weighted by Gasteiger charge is 2.09. The molecule has 1 N–H and O–H groups in total. The highest BCUT2D eigenvalue weighted by atomic mass is 79.9. The van der Waals surface area contributed by atoms with E-state index in [0.717, 1.165) is 29.9 Å². The number of amides is 1. The van der Waals surface area contributed by atoms with Gasteiger partial charge in [-0.3, -0.25) is 9.69 Å². The summed E-state index contributed by atoms with van der Waals surface area (Å²) >= 11 is 0. The van der Waals surface area contributed by atoms with E-state index in [1.165, 1.54) is 0 Å². The van der Waals surface area contributed by atoms with Crippen molar-refractivity contribution in [3.8, 4) is 0 Å². The van der Waals surface area contributed by atoms with Crippen LogP contribution < -0.4 is 5.32 Å². The Morgan fingerprint density at radius 2 is 1.67 bits per heavy atom. The van der Waals surface area contributed by atoms with Crippen LogP contribution in [0.3, 0.4) is 0 Å². The number of halogens is 1. The number of aryl methyl sites for hydroxylation is 2. The molecule has 0 aliphatic heterocycles. The predicted octanol–water partition coefficient (Wildman–Crippen LogP) is 3.16. The molecule has 0 saturated carbocycles. The minimum atomic E-state index is 0. The molecule has 0 unspecified atom stereocenters. The zero-order valence-corrected chi connectivity index (χ0v) is 13.3. The summed E-state index contributed by atoms with van der Waals surface area (Å²) in [5.74, 6) is 0.0612. The molecule has 1 aromatic rings. The SMILES string of the molecule is Br.CCN(CC)CC(=O)Nc1c(C)cccc1C. The molecule has 0 fully saturated rings. The third-order valence-corrected chi connectivity index (χ3v) is 3.01. The second kappa shape index (κ2) is 8.27. The van der Waals surface area contributed by atoms with E-state index in [1.807, 2.05) is 32.0 Å². The summed E-state index contributed by atoms with van der Waals surface area (Å²) in [7, 11) is 0. The van der Waals surface area contributed by atoms with Crippen LogP contribution in [0.4, 0.5) is 5.69 Å². The van der Waals surface area contributed by atoms with E-state index in [9.17, 15) is 4.79 Å².